The Kier molecular flexibility index (Phi) is 3.73. The smallest absolute Gasteiger partial charge is 0.270 e. The average molecular weight is 286 g/mol. The van der Waals surface area contributed by atoms with Gasteiger partial charge in [-0.2, -0.15) is 0 Å². The number of anilines is 1. The van der Waals surface area contributed by atoms with E-state index in [0.29, 0.717) is 0 Å². The van der Waals surface area contributed by atoms with Crippen LogP contribution in [0, 0.1) is 15.5 Å². The fourth-order valence-electron chi connectivity index (χ4n) is 1.09. The fraction of sp³-hybridized carbons (Fsp3) is 0.111. The van der Waals surface area contributed by atoms with Gasteiger partial charge >= 0.3 is 0 Å². The predicted octanol–water partition coefficient (Wildman–Crippen LogP) is 1.51. The Morgan fingerprint density at radius 2 is 2.19 bits per heavy atom. The molecular weight excluding hydrogens is 278 g/mol. The molecule has 0 saturated carbocycles. The molecule has 1 aromatic carbocycles. The first-order valence-electron chi connectivity index (χ1n) is 4.19. The van der Waals surface area contributed by atoms with E-state index in [0.717, 1.165) is 6.07 Å². The summed E-state index contributed by atoms with van der Waals surface area (Å²) in [5, 5.41) is 18.0. The summed E-state index contributed by atoms with van der Waals surface area (Å²) in [7, 11) is 0. The zero-order valence-electron chi connectivity index (χ0n) is 8.07. The second kappa shape index (κ2) is 4.84. The zero-order chi connectivity index (χ0) is 12.3. The first-order valence-corrected chi connectivity index (χ1v) is 5.31. The second-order valence-electron chi connectivity index (χ2n) is 2.96. The molecule has 0 unspecified atom stereocenters. The van der Waals surface area contributed by atoms with E-state index in [9.17, 15) is 14.9 Å². The van der Waals surface area contributed by atoms with Crippen molar-refractivity contribution in [3.63, 3.8) is 0 Å². The summed E-state index contributed by atoms with van der Waals surface area (Å²) < 4.78 is 0. The van der Waals surface area contributed by atoms with Gasteiger partial charge in [-0.15, -0.1) is 0 Å². The molecule has 3 N–H and O–H groups in total. The molecular formula is C9H8BrN3O3. The van der Waals surface area contributed by atoms with E-state index < -0.39 is 10.7 Å². The maximum Gasteiger partial charge on any atom is 0.270 e. The van der Waals surface area contributed by atoms with Gasteiger partial charge in [-0.05, 0) is 6.07 Å². The van der Waals surface area contributed by atoms with Crippen molar-refractivity contribution in [2.75, 3.05) is 11.1 Å². The van der Waals surface area contributed by atoms with Crippen molar-refractivity contribution in [2.45, 2.75) is 0 Å². The number of nitrogen functional groups attached to an aromatic ring is 1. The number of ketones is 1. The standard InChI is InChI=1S/C9H8BrN3O3/c10-4-8(14)9(12)6-3-5(13(15)16)1-2-7(6)11/h1-3,12H,4,11H2. The SMILES string of the molecule is N=C(C(=O)CBr)c1cc([N+](=O)[O-])ccc1N. The molecule has 0 heterocycles. The number of rotatable bonds is 4. The van der Waals surface area contributed by atoms with Crippen molar-refractivity contribution >= 4 is 38.8 Å². The summed E-state index contributed by atoms with van der Waals surface area (Å²) >= 11 is 2.92. The molecule has 0 aliphatic carbocycles. The lowest BCUT2D eigenvalue weighted by molar-refractivity contribution is -0.384. The van der Waals surface area contributed by atoms with Crippen LogP contribution in [0.25, 0.3) is 0 Å². The van der Waals surface area contributed by atoms with Crippen LogP contribution < -0.4 is 5.73 Å². The Balaban J connectivity index is 3.22. The molecule has 0 fully saturated rings. The molecule has 0 atom stereocenters. The van der Waals surface area contributed by atoms with Gasteiger partial charge in [0, 0.05) is 23.4 Å². The Labute approximate surface area is 99.2 Å². The number of carbonyl (C=O) groups is 1. The third-order valence-corrected chi connectivity index (χ3v) is 2.43. The monoisotopic (exact) mass is 285 g/mol. The summed E-state index contributed by atoms with van der Waals surface area (Å²) in [4.78, 5) is 21.2. The van der Waals surface area contributed by atoms with Crippen LogP contribution in [0.5, 0.6) is 0 Å². The maximum absolute atomic E-state index is 11.2. The number of nitrogens with one attached hydrogen (secondary N) is 1. The number of nitro benzene ring substituents is 1. The molecule has 0 aliphatic rings. The van der Waals surface area contributed by atoms with Crippen LogP contribution in [0.4, 0.5) is 11.4 Å². The molecule has 0 radical (unpaired) electrons. The molecule has 1 aromatic rings. The first-order chi connectivity index (χ1) is 7.47. The van der Waals surface area contributed by atoms with E-state index in [1.807, 2.05) is 0 Å². The van der Waals surface area contributed by atoms with Crippen LogP contribution in [0.3, 0.4) is 0 Å². The molecule has 0 saturated heterocycles. The van der Waals surface area contributed by atoms with Gasteiger partial charge in [-0.3, -0.25) is 20.3 Å². The third kappa shape index (κ3) is 2.43. The van der Waals surface area contributed by atoms with Crippen LogP contribution in [-0.2, 0) is 4.79 Å². The summed E-state index contributed by atoms with van der Waals surface area (Å²) in [5.41, 5.74) is 5.27. The highest BCUT2D eigenvalue weighted by molar-refractivity contribution is 9.09. The minimum Gasteiger partial charge on any atom is -0.398 e. The lowest BCUT2D eigenvalue weighted by atomic mass is 10.0. The molecule has 1 rings (SSSR count). The van der Waals surface area contributed by atoms with E-state index in [2.05, 4.69) is 15.9 Å². The number of alkyl halides is 1. The Bertz CT molecular complexity index is 473. The van der Waals surface area contributed by atoms with Crippen molar-refractivity contribution in [1.29, 1.82) is 5.41 Å². The normalized spacial score (nSPS) is 9.81. The Morgan fingerprint density at radius 1 is 1.56 bits per heavy atom. The summed E-state index contributed by atoms with van der Waals surface area (Å²) in [6.07, 6.45) is 0. The third-order valence-electron chi connectivity index (χ3n) is 1.92. The Morgan fingerprint density at radius 3 is 2.69 bits per heavy atom. The van der Waals surface area contributed by atoms with Crippen LogP contribution >= 0.6 is 15.9 Å². The number of hydrogen-bond donors (Lipinski definition) is 2. The lowest BCUT2D eigenvalue weighted by Gasteiger charge is -2.04. The summed E-state index contributed by atoms with van der Waals surface area (Å²) in [6, 6.07) is 3.66. The van der Waals surface area contributed by atoms with Crippen LogP contribution in [0.2, 0.25) is 0 Å². The number of nitrogens with two attached hydrogens (primary N) is 1. The van der Waals surface area contributed by atoms with Gasteiger partial charge < -0.3 is 5.73 Å². The highest BCUT2D eigenvalue weighted by atomic mass is 79.9. The lowest BCUT2D eigenvalue weighted by Crippen LogP contribution is -2.17. The van der Waals surface area contributed by atoms with Crippen molar-refractivity contribution in [2.24, 2.45) is 0 Å². The molecule has 16 heavy (non-hydrogen) atoms. The number of non-ortho nitro benzene ring substituents is 1. The molecule has 0 aliphatic heterocycles. The highest BCUT2D eigenvalue weighted by Crippen LogP contribution is 2.20. The summed E-state index contributed by atoms with van der Waals surface area (Å²) in [5.74, 6) is -0.479. The average Bonchev–Trinajstić information content (AvgIpc) is 2.27. The number of nitro groups is 1. The van der Waals surface area contributed by atoms with Crippen molar-refractivity contribution in [1.82, 2.24) is 0 Å². The van der Waals surface area contributed by atoms with E-state index in [4.69, 9.17) is 11.1 Å². The topological polar surface area (TPSA) is 110 Å². The van der Waals surface area contributed by atoms with E-state index >= 15 is 0 Å². The highest BCUT2D eigenvalue weighted by Gasteiger charge is 2.17. The molecule has 0 amide bonds. The van der Waals surface area contributed by atoms with E-state index in [-0.39, 0.29) is 28.0 Å². The first kappa shape index (κ1) is 12.3. The van der Waals surface area contributed by atoms with Crippen molar-refractivity contribution in [3.8, 4) is 0 Å². The van der Waals surface area contributed by atoms with Gasteiger partial charge in [0.2, 0.25) is 0 Å². The molecule has 84 valence electrons. The van der Waals surface area contributed by atoms with Crippen LogP contribution in [0.15, 0.2) is 18.2 Å². The largest absolute Gasteiger partial charge is 0.398 e. The molecule has 0 bridgehead atoms. The minimum atomic E-state index is -0.602. The molecule has 0 spiro atoms. The van der Waals surface area contributed by atoms with Gasteiger partial charge in [-0.1, -0.05) is 15.9 Å². The number of hydrogen-bond acceptors (Lipinski definition) is 5. The molecule has 6 nitrogen and oxygen atoms in total. The van der Waals surface area contributed by atoms with Gasteiger partial charge in [-0.25, -0.2) is 0 Å². The number of benzene rings is 1. The van der Waals surface area contributed by atoms with Gasteiger partial charge in [0.05, 0.1) is 10.3 Å². The minimum absolute atomic E-state index is 0.0199. The van der Waals surface area contributed by atoms with Crippen LogP contribution in [-0.4, -0.2) is 21.7 Å². The zero-order valence-corrected chi connectivity index (χ0v) is 9.65. The van der Waals surface area contributed by atoms with Crippen LogP contribution in [0.1, 0.15) is 5.56 Å². The van der Waals surface area contributed by atoms with Gasteiger partial charge in [0.15, 0.2) is 5.78 Å². The van der Waals surface area contributed by atoms with Gasteiger partial charge in [0.1, 0.15) is 5.71 Å². The molecule has 7 heteroatoms. The number of carbonyl (C=O) groups excluding carboxylic acids is 1. The van der Waals surface area contributed by atoms with E-state index in [1.54, 1.807) is 0 Å². The number of halogens is 1. The number of Topliss-reactive ketones (excluding diaryl/α,β-unsaturated/α-hetero) is 1. The Hall–Kier alpha value is -1.76. The fourth-order valence-corrected chi connectivity index (χ4v) is 1.37. The predicted molar refractivity (Wildman–Crippen MR) is 63.1 cm³/mol. The van der Waals surface area contributed by atoms with Crippen molar-refractivity contribution in [3.05, 3.63) is 33.9 Å². The quantitative estimate of drug-likeness (QED) is 0.287. The second-order valence-corrected chi connectivity index (χ2v) is 3.52. The molecule has 0 aromatic heterocycles. The van der Waals surface area contributed by atoms with E-state index in [1.165, 1.54) is 12.1 Å². The summed E-state index contributed by atoms with van der Waals surface area (Å²) in [6.45, 7) is 0. The van der Waals surface area contributed by atoms with Gasteiger partial charge in [0.25, 0.3) is 5.69 Å². The van der Waals surface area contributed by atoms with Crippen molar-refractivity contribution < 1.29 is 9.72 Å². The maximum atomic E-state index is 11.2. The number of nitrogens with zero attached hydrogens (tertiary/aromatic N) is 1.